The number of carboxylic acids is 1. The quantitative estimate of drug-likeness (QED) is 0.275. The van der Waals surface area contributed by atoms with Gasteiger partial charge >= 0.3 is 5.97 Å². The number of hydrogen-bond acceptors (Lipinski definition) is 5. The number of carbonyl (C=O) groups is 4. The van der Waals surface area contributed by atoms with E-state index in [9.17, 15) is 19.2 Å². The number of rotatable bonds is 11. The van der Waals surface area contributed by atoms with Crippen molar-refractivity contribution in [1.82, 2.24) is 21.3 Å². The van der Waals surface area contributed by atoms with Crippen LogP contribution in [0.5, 0.6) is 0 Å². The molecule has 0 atom stereocenters. The van der Waals surface area contributed by atoms with E-state index in [1.165, 1.54) is 0 Å². The Morgan fingerprint density at radius 3 is 1.86 bits per heavy atom. The molecule has 0 rings (SSSR count). The lowest BCUT2D eigenvalue weighted by molar-refractivity contribution is -0.137. The molecule has 0 saturated carbocycles. The SMILES string of the molecule is CNCCCCC(=O)NCC(=O)NCC(=O)NCC(=O)O. The molecule has 0 bridgehead atoms. The Hall–Kier alpha value is -2.16. The molecule has 0 aromatic carbocycles. The summed E-state index contributed by atoms with van der Waals surface area (Å²) in [6, 6.07) is 0. The van der Waals surface area contributed by atoms with Crippen LogP contribution in [0.4, 0.5) is 0 Å². The van der Waals surface area contributed by atoms with Gasteiger partial charge in [0.2, 0.25) is 17.7 Å². The van der Waals surface area contributed by atoms with Crippen molar-refractivity contribution >= 4 is 23.7 Å². The first-order chi connectivity index (χ1) is 9.95. The van der Waals surface area contributed by atoms with Crippen molar-refractivity contribution in [1.29, 1.82) is 0 Å². The van der Waals surface area contributed by atoms with E-state index in [0.29, 0.717) is 6.42 Å². The molecule has 120 valence electrons. The summed E-state index contributed by atoms with van der Waals surface area (Å²) in [5, 5.41) is 18.1. The molecule has 0 spiro atoms. The van der Waals surface area contributed by atoms with Crippen molar-refractivity contribution in [3.8, 4) is 0 Å². The number of unbranched alkanes of at least 4 members (excludes halogenated alkanes) is 1. The van der Waals surface area contributed by atoms with Crippen LogP contribution < -0.4 is 21.3 Å². The molecule has 0 aromatic rings. The summed E-state index contributed by atoms with van der Waals surface area (Å²) >= 11 is 0. The van der Waals surface area contributed by atoms with Crippen molar-refractivity contribution < 1.29 is 24.3 Å². The van der Waals surface area contributed by atoms with Crippen LogP contribution in [0.3, 0.4) is 0 Å². The van der Waals surface area contributed by atoms with Crippen LogP contribution in [0.25, 0.3) is 0 Å². The Morgan fingerprint density at radius 2 is 1.33 bits per heavy atom. The van der Waals surface area contributed by atoms with Gasteiger partial charge in [-0.15, -0.1) is 0 Å². The van der Waals surface area contributed by atoms with Crippen molar-refractivity contribution in [2.45, 2.75) is 19.3 Å². The normalized spacial score (nSPS) is 9.76. The lowest BCUT2D eigenvalue weighted by Gasteiger charge is -2.07. The Kier molecular flexibility index (Phi) is 10.5. The number of carboxylic acid groups (broad SMARTS) is 1. The summed E-state index contributed by atoms with van der Waals surface area (Å²) in [5.74, 6) is -2.51. The highest BCUT2D eigenvalue weighted by atomic mass is 16.4. The number of amides is 3. The average molecular weight is 302 g/mol. The molecule has 0 heterocycles. The Bertz CT molecular complexity index is 373. The topological polar surface area (TPSA) is 137 Å². The second-order valence-corrected chi connectivity index (χ2v) is 4.28. The van der Waals surface area contributed by atoms with E-state index < -0.39 is 24.3 Å². The van der Waals surface area contributed by atoms with E-state index in [-0.39, 0.29) is 19.0 Å². The first-order valence-corrected chi connectivity index (χ1v) is 6.62. The predicted octanol–water partition coefficient (Wildman–Crippen LogP) is -2.19. The monoisotopic (exact) mass is 302 g/mol. The van der Waals surface area contributed by atoms with Crippen molar-refractivity contribution in [3.05, 3.63) is 0 Å². The maximum Gasteiger partial charge on any atom is 0.322 e. The number of nitrogens with one attached hydrogen (secondary N) is 4. The zero-order valence-corrected chi connectivity index (χ0v) is 12.0. The maximum atomic E-state index is 11.4. The van der Waals surface area contributed by atoms with E-state index in [1.54, 1.807) is 0 Å². The number of carbonyl (C=O) groups excluding carboxylic acids is 3. The molecule has 0 aliphatic carbocycles. The van der Waals surface area contributed by atoms with Gasteiger partial charge in [0, 0.05) is 6.42 Å². The second-order valence-electron chi connectivity index (χ2n) is 4.28. The zero-order chi connectivity index (χ0) is 16.1. The highest BCUT2D eigenvalue weighted by Crippen LogP contribution is 1.93. The Balaban J connectivity index is 3.63. The first-order valence-electron chi connectivity index (χ1n) is 6.62. The van der Waals surface area contributed by atoms with Crippen LogP contribution >= 0.6 is 0 Å². The molecule has 9 heteroatoms. The van der Waals surface area contributed by atoms with Gasteiger partial charge in [-0.2, -0.15) is 0 Å². The van der Waals surface area contributed by atoms with Gasteiger partial charge in [-0.1, -0.05) is 0 Å². The molecule has 0 aliphatic heterocycles. The maximum absolute atomic E-state index is 11.4. The molecule has 0 fully saturated rings. The van der Waals surface area contributed by atoms with Crippen molar-refractivity contribution in [2.24, 2.45) is 0 Å². The minimum absolute atomic E-state index is 0.211. The summed E-state index contributed by atoms with van der Waals surface area (Å²) in [7, 11) is 1.83. The van der Waals surface area contributed by atoms with Crippen molar-refractivity contribution in [3.63, 3.8) is 0 Å². The third-order valence-corrected chi connectivity index (χ3v) is 2.41. The predicted molar refractivity (Wildman–Crippen MR) is 74.4 cm³/mol. The third kappa shape index (κ3) is 12.6. The molecule has 5 N–H and O–H groups in total. The molecular formula is C12H22N4O5. The van der Waals surface area contributed by atoms with Gasteiger partial charge in [0.15, 0.2) is 0 Å². The minimum Gasteiger partial charge on any atom is -0.480 e. The zero-order valence-electron chi connectivity index (χ0n) is 12.0. The molecule has 0 aromatic heterocycles. The standard InChI is InChI=1S/C12H22N4O5/c1-13-5-3-2-4-9(17)14-6-10(18)15-7-11(19)16-8-12(20)21/h13H,2-8H2,1H3,(H,14,17)(H,15,18)(H,16,19)(H,20,21). The van der Waals surface area contributed by atoms with E-state index in [0.717, 1.165) is 19.4 Å². The fourth-order valence-corrected chi connectivity index (χ4v) is 1.33. The molecule has 0 unspecified atom stereocenters. The lowest BCUT2D eigenvalue weighted by atomic mass is 10.2. The summed E-state index contributed by atoms with van der Waals surface area (Å²) in [4.78, 5) is 44.0. The largest absolute Gasteiger partial charge is 0.480 e. The van der Waals surface area contributed by atoms with Crippen LogP contribution in [0.15, 0.2) is 0 Å². The van der Waals surface area contributed by atoms with Gasteiger partial charge in [-0.3, -0.25) is 19.2 Å². The molecule has 9 nitrogen and oxygen atoms in total. The van der Waals surface area contributed by atoms with Crippen LogP contribution in [-0.2, 0) is 19.2 Å². The lowest BCUT2D eigenvalue weighted by Crippen LogP contribution is -2.42. The number of aliphatic carboxylic acids is 1. The van der Waals surface area contributed by atoms with Gasteiger partial charge in [-0.05, 0) is 26.4 Å². The average Bonchev–Trinajstić information content (AvgIpc) is 2.45. The van der Waals surface area contributed by atoms with Crippen LogP contribution in [-0.4, -0.2) is 62.0 Å². The second kappa shape index (κ2) is 11.6. The van der Waals surface area contributed by atoms with Gasteiger partial charge in [0.05, 0.1) is 13.1 Å². The molecular weight excluding hydrogens is 280 g/mol. The first kappa shape index (κ1) is 18.8. The van der Waals surface area contributed by atoms with Crippen molar-refractivity contribution in [2.75, 3.05) is 33.2 Å². The molecule has 0 saturated heterocycles. The summed E-state index contributed by atoms with van der Waals surface area (Å²) in [6.07, 6.45) is 1.94. The Labute approximate surface area is 122 Å². The van der Waals surface area contributed by atoms with Gasteiger partial charge < -0.3 is 26.4 Å². The van der Waals surface area contributed by atoms with Crippen LogP contribution in [0.2, 0.25) is 0 Å². The highest BCUT2D eigenvalue weighted by molar-refractivity contribution is 5.89. The summed E-state index contributed by atoms with van der Waals surface area (Å²) in [6.45, 7) is -0.210. The summed E-state index contributed by atoms with van der Waals surface area (Å²) in [5.41, 5.74) is 0. The van der Waals surface area contributed by atoms with Gasteiger partial charge in [-0.25, -0.2) is 0 Å². The van der Waals surface area contributed by atoms with E-state index in [4.69, 9.17) is 5.11 Å². The van der Waals surface area contributed by atoms with Crippen LogP contribution in [0, 0.1) is 0 Å². The van der Waals surface area contributed by atoms with Crippen LogP contribution in [0.1, 0.15) is 19.3 Å². The molecule has 0 aliphatic rings. The molecule has 0 radical (unpaired) electrons. The molecule has 3 amide bonds. The minimum atomic E-state index is -1.17. The Morgan fingerprint density at radius 1 is 0.810 bits per heavy atom. The fourth-order valence-electron chi connectivity index (χ4n) is 1.33. The van der Waals surface area contributed by atoms with E-state index >= 15 is 0 Å². The number of hydrogen-bond donors (Lipinski definition) is 5. The fraction of sp³-hybridized carbons (Fsp3) is 0.667. The van der Waals surface area contributed by atoms with E-state index in [2.05, 4.69) is 21.3 Å². The third-order valence-electron chi connectivity index (χ3n) is 2.41. The highest BCUT2D eigenvalue weighted by Gasteiger charge is 2.08. The van der Waals surface area contributed by atoms with Gasteiger partial charge in [0.25, 0.3) is 0 Å². The van der Waals surface area contributed by atoms with E-state index in [1.807, 2.05) is 7.05 Å². The smallest absolute Gasteiger partial charge is 0.322 e. The summed E-state index contributed by atoms with van der Waals surface area (Å²) < 4.78 is 0. The van der Waals surface area contributed by atoms with Gasteiger partial charge in [0.1, 0.15) is 6.54 Å². The molecule has 21 heavy (non-hydrogen) atoms.